The predicted octanol–water partition coefficient (Wildman–Crippen LogP) is 4.56. The summed E-state index contributed by atoms with van der Waals surface area (Å²) in [5.74, 6) is 0. The summed E-state index contributed by atoms with van der Waals surface area (Å²) >= 11 is 5.61. The lowest BCUT2D eigenvalue weighted by atomic mass is 10.1. The number of halogens is 4. The molecule has 0 spiro atoms. The molecule has 0 aliphatic heterocycles. The Morgan fingerprint density at radius 2 is 1.76 bits per heavy atom. The Morgan fingerprint density at radius 3 is 2.33 bits per heavy atom. The molecular formula is C14H9ClF3N3. The SMILES string of the molecule is N#Cc1ccc(Nc2ccc(Cl)cc2C(F)(F)F)c(N)c1. The molecule has 21 heavy (non-hydrogen) atoms. The maximum atomic E-state index is 13.0. The molecule has 0 aliphatic rings. The number of nitrogens with one attached hydrogen (secondary N) is 1. The van der Waals surface area contributed by atoms with Crippen molar-refractivity contribution in [2.24, 2.45) is 0 Å². The minimum atomic E-state index is -4.55. The van der Waals surface area contributed by atoms with E-state index < -0.39 is 11.7 Å². The fourth-order valence-electron chi connectivity index (χ4n) is 1.75. The second-order valence-electron chi connectivity index (χ2n) is 4.23. The van der Waals surface area contributed by atoms with Crippen molar-refractivity contribution in [1.29, 1.82) is 5.26 Å². The Morgan fingerprint density at radius 1 is 1.10 bits per heavy atom. The minimum Gasteiger partial charge on any atom is -0.397 e. The molecule has 0 fully saturated rings. The predicted molar refractivity (Wildman–Crippen MR) is 75.3 cm³/mol. The summed E-state index contributed by atoms with van der Waals surface area (Å²) in [6, 6.07) is 9.59. The summed E-state index contributed by atoms with van der Waals surface area (Å²) in [5.41, 5.74) is 5.44. The van der Waals surface area contributed by atoms with Gasteiger partial charge in [0, 0.05) is 5.02 Å². The molecule has 108 valence electrons. The van der Waals surface area contributed by atoms with Gasteiger partial charge in [-0.1, -0.05) is 11.6 Å². The Labute approximate surface area is 123 Å². The summed E-state index contributed by atoms with van der Waals surface area (Å²) in [5, 5.41) is 11.3. The van der Waals surface area contributed by atoms with Gasteiger partial charge in [0.05, 0.1) is 34.3 Å². The van der Waals surface area contributed by atoms with Crippen LogP contribution >= 0.6 is 11.6 Å². The van der Waals surface area contributed by atoms with Crippen molar-refractivity contribution in [3.63, 3.8) is 0 Å². The van der Waals surface area contributed by atoms with E-state index in [1.807, 2.05) is 6.07 Å². The Bertz CT molecular complexity index is 720. The van der Waals surface area contributed by atoms with Crippen LogP contribution in [0.15, 0.2) is 36.4 Å². The number of alkyl halides is 3. The van der Waals surface area contributed by atoms with Crippen molar-refractivity contribution in [3.05, 3.63) is 52.5 Å². The summed E-state index contributed by atoms with van der Waals surface area (Å²) in [7, 11) is 0. The number of nitriles is 1. The lowest BCUT2D eigenvalue weighted by Crippen LogP contribution is -2.09. The van der Waals surface area contributed by atoms with Gasteiger partial charge in [-0.15, -0.1) is 0 Å². The number of anilines is 3. The molecule has 2 aromatic carbocycles. The average molecular weight is 312 g/mol. The summed E-state index contributed by atoms with van der Waals surface area (Å²) in [6.45, 7) is 0. The topological polar surface area (TPSA) is 61.8 Å². The first-order chi connectivity index (χ1) is 9.81. The molecule has 0 amide bonds. The quantitative estimate of drug-likeness (QED) is 0.799. The highest BCUT2D eigenvalue weighted by Crippen LogP contribution is 2.38. The number of nitrogens with zero attached hydrogens (tertiary/aromatic N) is 1. The van der Waals surface area contributed by atoms with Gasteiger partial charge in [-0.3, -0.25) is 0 Å². The Kier molecular flexibility index (Phi) is 3.96. The summed E-state index contributed by atoms with van der Waals surface area (Å²) in [6.07, 6.45) is -4.55. The van der Waals surface area contributed by atoms with E-state index in [1.165, 1.54) is 30.3 Å². The fourth-order valence-corrected chi connectivity index (χ4v) is 1.92. The molecule has 0 saturated carbocycles. The van der Waals surface area contributed by atoms with Gasteiger partial charge in [0.15, 0.2) is 0 Å². The standard InChI is InChI=1S/C14H9ClF3N3/c15-9-2-4-12(10(6-9)14(16,17)18)21-13-3-1-8(7-19)5-11(13)20/h1-6,21H,20H2. The van der Waals surface area contributed by atoms with E-state index in [1.54, 1.807) is 0 Å². The maximum Gasteiger partial charge on any atom is 0.418 e. The largest absolute Gasteiger partial charge is 0.418 e. The van der Waals surface area contributed by atoms with E-state index in [9.17, 15) is 13.2 Å². The number of hydrogen-bond acceptors (Lipinski definition) is 3. The average Bonchev–Trinajstić information content (AvgIpc) is 2.41. The molecule has 0 bridgehead atoms. The molecule has 0 heterocycles. The highest BCUT2D eigenvalue weighted by molar-refractivity contribution is 6.30. The zero-order chi connectivity index (χ0) is 15.6. The molecular weight excluding hydrogens is 303 g/mol. The Hall–Kier alpha value is -2.39. The van der Waals surface area contributed by atoms with E-state index in [-0.39, 0.29) is 22.1 Å². The van der Waals surface area contributed by atoms with Crippen LogP contribution in [0.2, 0.25) is 5.02 Å². The van der Waals surface area contributed by atoms with Crippen LogP contribution in [0.3, 0.4) is 0 Å². The van der Waals surface area contributed by atoms with Crippen LogP contribution in [0.5, 0.6) is 0 Å². The van der Waals surface area contributed by atoms with Crippen molar-refractivity contribution < 1.29 is 13.2 Å². The highest BCUT2D eigenvalue weighted by Gasteiger charge is 2.33. The number of nitrogens with two attached hydrogens (primary N) is 1. The third-order valence-electron chi connectivity index (χ3n) is 2.74. The molecule has 7 heteroatoms. The molecule has 0 radical (unpaired) electrons. The van der Waals surface area contributed by atoms with E-state index in [4.69, 9.17) is 22.6 Å². The lowest BCUT2D eigenvalue weighted by Gasteiger charge is -2.16. The zero-order valence-electron chi connectivity index (χ0n) is 10.5. The number of nitrogen functional groups attached to an aromatic ring is 1. The molecule has 0 unspecified atom stereocenters. The third kappa shape index (κ3) is 3.38. The molecule has 3 nitrogen and oxygen atoms in total. The van der Waals surface area contributed by atoms with Crippen LogP contribution in [0, 0.1) is 11.3 Å². The van der Waals surface area contributed by atoms with Crippen LogP contribution in [-0.2, 0) is 6.18 Å². The number of hydrogen-bond donors (Lipinski definition) is 2. The second-order valence-corrected chi connectivity index (χ2v) is 4.66. The normalized spacial score (nSPS) is 11.0. The molecule has 0 atom stereocenters. The molecule has 2 aromatic rings. The zero-order valence-corrected chi connectivity index (χ0v) is 11.3. The van der Waals surface area contributed by atoms with Crippen molar-refractivity contribution in [2.45, 2.75) is 6.18 Å². The van der Waals surface area contributed by atoms with Crippen LogP contribution in [0.4, 0.5) is 30.2 Å². The van der Waals surface area contributed by atoms with Crippen molar-refractivity contribution >= 4 is 28.7 Å². The van der Waals surface area contributed by atoms with Gasteiger partial charge in [-0.2, -0.15) is 18.4 Å². The third-order valence-corrected chi connectivity index (χ3v) is 2.97. The number of rotatable bonds is 2. The van der Waals surface area contributed by atoms with Gasteiger partial charge >= 0.3 is 6.18 Å². The van der Waals surface area contributed by atoms with Gasteiger partial charge in [0.1, 0.15) is 0 Å². The van der Waals surface area contributed by atoms with Gasteiger partial charge in [0.25, 0.3) is 0 Å². The smallest absolute Gasteiger partial charge is 0.397 e. The maximum absolute atomic E-state index is 13.0. The van der Waals surface area contributed by atoms with E-state index in [2.05, 4.69) is 5.32 Å². The highest BCUT2D eigenvalue weighted by atomic mass is 35.5. The summed E-state index contributed by atoms with van der Waals surface area (Å²) in [4.78, 5) is 0. The first kappa shape index (κ1) is 15.0. The first-order valence-electron chi connectivity index (χ1n) is 5.74. The lowest BCUT2D eigenvalue weighted by molar-refractivity contribution is -0.136. The van der Waals surface area contributed by atoms with Gasteiger partial charge in [0.2, 0.25) is 0 Å². The van der Waals surface area contributed by atoms with Crippen LogP contribution < -0.4 is 11.1 Å². The minimum absolute atomic E-state index is 0.0133. The fraction of sp³-hybridized carbons (Fsp3) is 0.0714. The summed E-state index contributed by atoms with van der Waals surface area (Å²) < 4.78 is 38.9. The monoisotopic (exact) mass is 311 g/mol. The molecule has 0 aliphatic carbocycles. The van der Waals surface area contributed by atoms with E-state index in [0.717, 1.165) is 6.07 Å². The molecule has 2 rings (SSSR count). The van der Waals surface area contributed by atoms with Crippen LogP contribution in [0.25, 0.3) is 0 Å². The van der Waals surface area contributed by atoms with Crippen molar-refractivity contribution in [2.75, 3.05) is 11.1 Å². The van der Waals surface area contributed by atoms with Crippen molar-refractivity contribution in [3.8, 4) is 6.07 Å². The van der Waals surface area contributed by atoms with Crippen LogP contribution in [-0.4, -0.2) is 0 Å². The molecule has 0 saturated heterocycles. The van der Waals surface area contributed by atoms with Gasteiger partial charge in [-0.05, 0) is 36.4 Å². The second kappa shape index (κ2) is 5.54. The van der Waals surface area contributed by atoms with Gasteiger partial charge in [-0.25, -0.2) is 0 Å². The van der Waals surface area contributed by atoms with Gasteiger partial charge < -0.3 is 11.1 Å². The molecule has 3 N–H and O–H groups in total. The Balaban J connectivity index is 2.43. The number of benzene rings is 2. The first-order valence-corrected chi connectivity index (χ1v) is 6.12. The van der Waals surface area contributed by atoms with E-state index >= 15 is 0 Å². The van der Waals surface area contributed by atoms with E-state index in [0.29, 0.717) is 5.56 Å². The van der Waals surface area contributed by atoms with Crippen molar-refractivity contribution in [1.82, 2.24) is 0 Å². The molecule has 0 aromatic heterocycles. The van der Waals surface area contributed by atoms with Crippen LogP contribution in [0.1, 0.15) is 11.1 Å².